The van der Waals surface area contributed by atoms with Crippen LogP contribution in [0.4, 0.5) is 0 Å². The molecule has 0 spiro atoms. The molecule has 0 aromatic carbocycles. The first-order valence-electron chi connectivity index (χ1n) is 5.32. The van der Waals surface area contributed by atoms with Crippen LogP contribution in [-0.4, -0.2) is 16.4 Å². The number of nitro groups is 2. The zero-order valence-electron chi connectivity index (χ0n) is 9.41. The summed E-state index contributed by atoms with van der Waals surface area (Å²) in [5, 5.41) is 21.6. The Hall–Kier alpha value is -2.50. The highest BCUT2D eigenvalue weighted by Crippen LogP contribution is 2.29. The van der Waals surface area contributed by atoms with Crippen molar-refractivity contribution in [1.82, 2.24) is 0 Å². The molecule has 0 saturated carbocycles. The van der Waals surface area contributed by atoms with Gasteiger partial charge in [0.15, 0.2) is 0 Å². The number of hydrogen-bond acceptors (Lipinski definition) is 4. The van der Waals surface area contributed by atoms with Crippen LogP contribution in [0.1, 0.15) is 6.42 Å². The molecule has 2 bridgehead atoms. The van der Waals surface area contributed by atoms with Crippen molar-refractivity contribution in [2.45, 2.75) is 6.42 Å². The average Bonchev–Trinajstić information content (AvgIpc) is 2.60. The minimum absolute atomic E-state index is 0.177. The van der Waals surface area contributed by atoms with Crippen LogP contribution < -0.4 is 0 Å². The Morgan fingerprint density at radius 1 is 1.11 bits per heavy atom. The molecule has 0 aliphatic heterocycles. The van der Waals surface area contributed by atoms with Gasteiger partial charge in [-0.1, -0.05) is 30.4 Å². The largest absolute Gasteiger partial charge is 0.279 e. The molecule has 0 fully saturated rings. The van der Waals surface area contributed by atoms with Crippen LogP contribution in [0.2, 0.25) is 0 Å². The third-order valence-corrected chi connectivity index (χ3v) is 2.75. The van der Waals surface area contributed by atoms with Crippen molar-refractivity contribution >= 4 is 0 Å². The van der Waals surface area contributed by atoms with Crippen molar-refractivity contribution in [1.29, 1.82) is 0 Å². The van der Waals surface area contributed by atoms with E-state index >= 15 is 0 Å². The predicted octanol–water partition coefficient (Wildman–Crippen LogP) is 2.18. The smallest absolute Gasteiger partial charge is 0.264 e. The number of rotatable bonds is 3. The Labute approximate surface area is 103 Å². The Morgan fingerprint density at radius 3 is 2.50 bits per heavy atom. The summed E-state index contributed by atoms with van der Waals surface area (Å²) in [6.07, 6.45) is 10.5. The molecule has 0 saturated heterocycles. The van der Waals surface area contributed by atoms with Crippen LogP contribution in [0.5, 0.6) is 0 Å². The summed E-state index contributed by atoms with van der Waals surface area (Å²) in [4.78, 5) is 20.5. The average molecular weight is 246 g/mol. The van der Waals surface area contributed by atoms with E-state index in [0.29, 0.717) is 12.0 Å². The third-order valence-electron chi connectivity index (χ3n) is 2.75. The fraction of sp³-hybridized carbons (Fsp3) is 0.167. The quantitative estimate of drug-likeness (QED) is 0.564. The summed E-state index contributed by atoms with van der Waals surface area (Å²) in [6.45, 7) is -0.534. The Balaban J connectivity index is 2.57. The molecule has 0 radical (unpaired) electrons. The van der Waals surface area contributed by atoms with Gasteiger partial charge in [0.2, 0.25) is 6.54 Å². The first-order chi connectivity index (χ1) is 8.58. The lowest BCUT2D eigenvalue weighted by Crippen LogP contribution is -2.11. The molecule has 0 heterocycles. The zero-order valence-corrected chi connectivity index (χ0v) is 9.41. The van der Waals surface area contributed by atoms with Gasteiger partial charge in [-0.2, -0.15) is 0 Å². The standard InChI is InChI=1S/C12H10N2O4/c15-13(16)8-11-10-4-2-1-3-9(7-10)5-6-12(11)14(17)18/h1-6H,7-8H2. The molecule has 0 N–H and O–H groups in total. The van der Waals surface area contributed by atoms with E-state index in [1.165, 1.54) is 6.08 Å². The first kappa shape index (κ1) is 12.0. The lowest BCUT2D eigenvalue weighted by atomic mass is 9.99. The Kier molecular flexibility index (Phi) is 3.18. The van der Waals surface area contributed by atoms with Gasteiger partial charge in [0.05, 0.1) is 4.92 Å². The van der Waals surface area contributed by atoms with Crippen LogP contribution >= 0.6 is 0 Å². The van der Waals surface area contributed by atoms with Crippen molar-refractivity contribution in [2.75, 3.05) is 6.54 Å². The van der Waals surface area contributed by atoms with E-state index in [2.05, 4.69) is 0 Å². The number of allylic oxidation sites excluding steroid dienone is 7. The van der Waals surface area contributed by atoms with Gasteiger partial charge in [-0.25, -0.2) is 0 Å². The molecule has 2 aliphatic rings. The van der Waals surface area contributed by atoms with Gasteiger partial charge in [-0.05, 0) is 17.6 Å². The highest BCUT2D eigenvalue weighted by molar-refractivity contribution is 5.49. The number of nitrogens with zero attached hydrogens (tertiary/aromatic N) is 2. The lowest BCUT2D eigenvalue weighted by molar-refractivity contribution is -0.474. The second-order valence-corrected chi connectivity index (χ2v) is 3.94. The second-order valence-electron chi connectivity index (χ2n) is 3.94. The molecule has 0 unspecified atom stereocenters. The SMILES string of the molecule is O=[N+]([O-])CC1=C([N+](=O)[O-])C=CC2=CC=CC=C1C2. The van der Waals surface area contributed by atoms with E-state index in [9.17, 15) is 20.2 Å². The molecule has 2 rings (SSSR count). The number of fused-ring (bicyclic) bond motifs is 2. The van der Waals surface area contributed by atoms with E-state index < -0.39 is 16.4 Å². The van der Waals surface area contributed by atoms with Gasteiger partial charge in [-0.15, -0.1) is 0 Å². The molecule has 6 nitrogen and oxygen atoms in total. The maximum atomic E-state index is 11.0. The van der Waals surface area contributed by atoms with Gasteiger partial charge in [0, 0.05) is 11.0 Å². The van der Waals surface area contributed by atoms with Crippen molar-refractivity contribution < 1.29 is 9.85 Å². The molecule has 2 aliphatic carbocycles. The summed E-state index contributed by atoms with van der Waals surface area (Å²) in [5.41, 5.74) is 1.50. The molecule has 0 atom stereocenters. The highest BCUT2D eigenvalue weighted by atomic mass is 16.6. The Bertz CT molecular complexity index is 565. The van der Waals surface area contributed by atoms with Gasteiger partial charge >= 0.3 is 0 Å². The van der Waals surface area contributed by atoms with Crippen molar-refractivity contribution in [3.05, 3.63) is 79.1 Å². The van der Waals surface area contributed by atoms with Crippen LogP contribution in [0.15, 0.2) is 58.9 Å². The maximum Gasteiger partial charge on any atom is 0.279 e. The van der Waals surface area contributed by atoms with Gasteiger partial charge in [0.1, 0.15) is 5.57 Å². The molecule has 92 valence electrons. The monoisotopic (exact) mass is 246 g/mol. The van der Waals surface area contributed by atoms with Gasteiger partial charge in [-0.3, -0.25) is 20.2 Å². The van der Waals surface area contributed by atoms with Crippen molar-refractivity contribution in [2.24, 2.45) is 0 Å². The van der Waals surface area contributed by atoms with E-state index in [1.54, 1.807) is 18.2 Å². The normalized spacial score (nSPS) is 17.8. The first-order valence-corrected chi connectivity index (χ1v) is 5.32. The predicted molar refractivity (Wildman–Crippen MR) is 64.9 cm³/mol. The van der Waals surface area contributed by atoms with E-state index in [0.717, 1.165) is 5.57 Å². The molecule has 0 aromatic rings. The van der Waals surface area contributed by atoms with E-state index in [4.69, 9.17) is 0 Å². The van der Waals surface area contributed by atoms with Crippen LogP contribution in [0.25, 0.3) is 0 Å². The molecule has 0 aromatic heterocycles. The topological polar surface area (TPSA) is 86.3 Å². The zero-order chi connectivity index (χ0) is 13.1. The fourth-order valence-corrected chi connectivity index (χ4v) is 1.94. The third kappa shape index (κ3) is 2.42. The molecular formula is C12H10N2O4. The lowest BCUT2D eigenvalue weighted by Gasteiger charge is -2.05. The summed E-state index contributed by atoms with van der Waals surface area (Å²) >= 11 is 0. The number of hydrogen-bond donors (Lipinski definition) is 0. The summed E-state index contributed by atoms with van der Waals surface area (Å²) < 4.78 is 0. The molecular weight excluding hydrogens is 236 g/mol. The van der Waals surface area contributed by atoms with E-state index in [1.807, 2.05) is 12.2 Å². The molecule has 0 amide bonds. The van der Waals surface area contributed by atoms with Gasteiger partial charge < -0.3 is 0 Å². The molecule has 18 heavy (non-hydrogen) atoms. The van der Waals surface area contributed by atoms with Crippen molar-refractivity contribution in [3.63, 3.8) is 0 Å². The highest BCUT2D eigenvalue weighted by Gasteiger charge is 2.26. The van der Waals surface area contributed by atoms with E-state index in [-0.39, 0.29) is 11.3 Å². The summed E-state index contributed by atoms with van der Waals surface area (Å²) in [5.74, 6) is 0. The fourth-order valence-electron chi connectivity index (χ4n) is 1.94. The summed E-state index contributed by atoms with van der Waals surface area (Å²) in [7, 11) is 0. The van der Waals surface area contributed by atoms with Crippen LogP contribution in [0, 0.1) is 20.2 Å². The molecule has 6 heteroatoms. The minimum atomic E-state index is -0.572. The Morgan fingerprint density at radius 2 is 1.83 bits per heavy atom. The van der Waals surface area contributed by atoms with Crippen molar-refractivity contribution in [3.8, 4) is 0 Å². The minimum Gasteiger partial charge on any atom is -0.264 e. The second kappa shape index (κ2) is 4.79. The van der Waals surface area contributed by atoms with Crippen LogP contribution in [0.3, 0.4) is 0 Å². The van der Waals surface area contributed by atoms with Crippen LogP contribution in [-0.2, 0) is 0 Å². The summed E-state index contributed by atoms with van der Waals surface area (Å²) in [6, 6.07) is 0. The van der Waals surface area contributed by atoms with Gasteiger partial charge in [0.25, 0.3) is 5.70 Å². The maximum absolute atomic E-state index is 11.0.